The average molecular weight is 816 g/mol. The van der Waals surface area contributed by atoms with E-state index in [2.05, 4.69) is 20.3 Å². The number of carbonyl (C=O) groups excluding carboxylic acids is 4. The van der Waals surface area contributed by atoms with Gasteiger partial charge in [-0.3, -0.25) is 19.1 Å². The fourth-order valence-corrected chi connectivity index (χ4v) is 9.14. The number of benzene rings is 1. The van der Waals surface area contributed by atoms with Crippen LogP contribution in [0.15, 0.2) is 36.5 Å². The maximum absolute atomic E-state index is 14.8. The Morgan fingerprint density at radius 3 is 2.46 bits per heavy atom. The molecule has 0 unspecified atom stereocenters. The van der Waals surface area contributed by atoms with Gasteiger partial charge in [-0.1, -0.05) is 32.4 Å². The summed E-state index contributed by atoms with van der Waals surface area (Å²) in [6.07, 6.45) is 5.86. The fraction of sp³-hybridized carbons (Fsp3) is 0.625. The molecule has 57 heavy (non-hydrogen) atoms. The lowest BCUT2D eigenvalue weighted by Crippen LogP contribution is -2.59. The number of nitrogens with zero attached hydrogens (tertiary/aromatic N) is 2. The van der Waals surface area contributed by atoms with Crippen molar-refractivity contribution in [2.75, 3.05) is 27.4 Å². The maximum atomic E-state index is 14.8. The standard InChI is InChI=1S/C40H54FN5O10S/c1-23-9-8-10-24(2)32(43-37(50)56-38(3,4)5)35(48)46-21-27(55-34-28-14-13-26(53-6)17-29(28)31(54-7)20-42-34)18-30(46)33(47)44-40(19-25(40)12-11-23)36(49)45-57(51,52)39(22-41)15-16-39/h11-14,17,20,23-25,27,30,32H,8-10,15-16,18-19,21-22H2,1-7H3,(H,43,50)(H,44,47)(H,45,49)/b12-11-/t23-,24-,25-,27-,30+,32+,40-/m1/s1. The second-order valence-electron chi connectivity index (χ2n) is 16.9. The zero-order chi connectivity index (χ0) is 41.5. The molecule has 1 saturated heterocycles. The van der Waals surface area contributed by atoms with Crippen LogP contribution in [0.5, 0.6) is 17.4 Å². The monoisotopic (exact) mass is 815 g/mol. The number of hydrogen-bond acceptors (Lipinski definition) is 11. The summed E-state index contributed by atoms with van der Waals surface area (Å²) < 4.78 is 63.6. The van der Waals surface area contributed by atoms with Crippen LogP contribution in [0.1, 0.15) is 79.6 Å². The molecule has 4 aliphatic rings. The Labute approximate surface area is 332 Å². The van der Waals surface area contributed by atoms with Gasteiger partial charge in [0.15, 0.2) is 0 Å². The van der Waals surface area contributed by atoms with Gasteiger partial charge in [-0.15, -0.1) is 0 Å². The first kappa shape index (κ1) is 41.9. The fourth-order valence-electron chi connectivity index (χ4n) is 7.72. The largest absolute Gasteiger partial charge is 0.497 e. The van der Waals surface area contributed by atoms with E-state index in [1.165, 1.54) is 18.2 Å². The van der Waals surface area contributed by atoms with E-state index in [0.717, 1.165) is 6.42 Å². The Morgan fingerprint density at radius 2 is 1.81 bits per heavy atom. The third-order valence-corrected chi connectivity index (χ3v) is 13.6. The van der Waals surface area contributed by atoms with Gasteiger partial charge in [0, 0.05) is 23.1 Å². The molecule has 6 rings (SSSR count). The third kappa shape index (κ3) is 8.77. The predicted molar refractivity (Wildman–Crippen MR) is 208 cm³/mol. The van der Waals surface area contributed by atoms with Crippen molar-refractivity contribution in [2.45, 2.75) is 114 Å². The molecule has 1 aromatic carbocycles. The quantitative estimate of drug-likeness (QED) is 0.306. The Kier molecular flexibility index (Phi) is 11.7. The molecular formula is C40H54FN5O10S. The van der Waals surface area contributed by atoms with E-state index in [0.29, 0.717) is 35.1 Å². The maximum Gasteiger partial charge on any atom is 0.408 e. The van der Waals surface area contributed by atoms with Crippen molar-refractivity contribution in [1.29, 1.82) is 0 Å². The Morgan fingerprint density at radius 1 is 1.07 bits per heavy atom. The number of ether oxygens (including phenoxy) is 4. The molecule has 3 fully saturated rings. The number of sulfonamides is 1. The summed E-state index contributed by atoms with van der Waals surface area (Å²) >= 11 is 0. The van der Waals surface area contributed by atoms with Crippen molar-refractivity contribution in [2.24, 2.45) is 17.8 Å². The third-order valence-electron chi connectivity index (χ3n) is 11.5. The first-order valence-corrected chi connectivity index (χ1v) is 20.9. The summed E-state index contributed by atoms with van der Waals surface area (Å²) in [7, 11) is -1.34. The van der Waals surface area contributed by atoms with Crippen molar-refractivity contribution in [1.82, 2.24) is 25.2 Å². The molecule has 15 nitrogen and oxygen atoms in total. The number of rotatable bonds is 9. The lowest BCUT2D eigenvalue weighted by atomic mass is 9.92. The molecule has 312 valence electrons. The summed E-state index contributed by atoms with van der Waals surface area (Å²) in [5.41, 5.74) is -2.52. The molecule has 2 aliphatic heterocycles. The van der Waals surface area contributed by atoms with Crippen LogP contribution in [0.3, 0.4) is 0 Å². The lowest BCUT2D eigenvalue weighted by molar-refractivity contribution is -0.142. The Hall–Kier alpha value is -4.67. The number of pyridine rings is 1. The highest BCUT2D eigenvalue weighted by Gasteiger charge is 2.64. The lowest BCUT2D eigenvalue weighted by Gasteiger charge is -2.32. The Bertz CT molecular complexity index is 2040. The Balaban J connectivity index is 1.36. The molecule has 17 heteroatoms. The van der Waals surface area contributed by atoms with Crippen molar-refractivity contribution >= 4 is 44.6 Å². The van der Waals surface area contributed by atoms with E-state index < -0.39 is 80.5 Å². The number of alkyl halides is 1. The van der Waals surface area contributed by atoms with Crippen molar-refractivity contribution < 1.29 is 50.9 Å². The topological polar surface area (TPSA) is 192 Å². The molecule has 4 amide bonds. The molecule has 0 radical (unpaired) electrons. The first-order chi connectivity index (χ1) is 26.9. The molecule has 7 atom stereocenters. The molecule has 2 saturated carbocycles. The van der Waals surface area contributed by atoms with Crippen LogP contribution in [0.25, 0.3) is 10.8 Å². The van der Waals surface area contributed by atoms with E-state index in [9.17, 15) is 32.0 Å². The second-order valence-corrected chi connectivity index (χ2v) is 19.0. The zero-order valence-electron chi connectivity index (χ0n) is 33.6. The highest BCUT2D eigenvalue weighted by molar-refractivity contribution is 7.91. The summed E-state index contributed by atoms with van der Waals surface area (Å²) in [5.74, 6) is -1.85. The van der Waals surface area contributed by atoms with E-state index in [1.54, 1.807) is 46.1 Å². The van der Waals surface area contributed by atoms with E-state index in [4.69, 9.17) is 18.9 Å². The molecule has 2 aromatic rings. The van der Waals surface area contributed by atoms with Crippen LogP contribution in [0.2, 0.25) is 0 Å². The number of aromatic nitrogens is 1. The van der Waals surface area contributed by atoms with Crippen LogP contribution in [-0.4, -0.2) is 104 Å². The smallest absolute Gasteiger partial charge is 0.408 e. The van der Waals surface area contributed by atoms with Gasteiger partial charge in [0.2, 0.25) is 27.7 Å². The van der Waals surface area contributed by atoms with Gasteiger partial charge in [0.05, 0.1) is 27.0 Å². The van der Waals surface area contributed by atoms with Crippen LogP contribution < -0.4 is 29.6 Å². The number of allylic oxidation sites excluding steroid dienone is 1. The minimum atomic E-state index is -4.40. The van der Waals surface area contributed by atoms with E-state index >= 15 is 0 Å². The van der Waals surface area contributed by atoms with Gasteiger partial charge in [-0.25, -0.2) is 22.6 Å². The summed E-state index contributed by atoms with van der Waals surface area (Å²) in [6, 6.07) is 2.98. The number of alkyl carbamates (subject to hydrolysis) is 1. The first-order valence-electron chi connectivity index (χ1n) is 19.5. The van der Waals surface area contributed by atoms with Gasteiger partial charge in [0.25, 0.3) is 5.91 Å². The highest BCUT2D eigenvalue weighted by Crippen LogP contribution is 2.48. The number of fused-ring (bicyclic) bond motifs is 3. The van der Waals surface area contributed by atoms with Gasteiger partial charge >= 0.3 is 6.09 Å². The molecule has 1 aromatic heterocycles. The van der Waals surface area contributed by atoms with Crippen molar-refractivity contribution in [3.8, 4) is 17.4 Å². The second kappa shape index (κ2) is 15.9. The molecular weight excluding hydrogens is 762 g/mol. The summed E-state index contributed by atoms with van der Waals surface area (Å²) in [6.45, 7) is 7.77. The number of amides is 4. The van der Waals surface area contributed by atoms with Crippen LogP contribution in [0.4, 0.5) is 9.18 Å². The molecule has 0 spiro atoms. The minimum absolute atomic E-state index is 0.0328. The molecule has 2 aliphatic carbocycles. The van der Waals surface area contributed by atoms with Gasteiger partial charge < -0.3 is 34.5 Å². The molecule has 3 heterocycles. The number of carbonyl (C=O) groups is 4. The number of hydrogen-bond donors (Lipinski definition) is 3. The number of methoxy groups -OCH3 is 2. The summed E-state index contributed by atoms with van der Waals surface area (Å²) in [5, 5.41) is 6.85. The number of nitrogens with one attached hydrogen (secondary N) is 3. The van der Waals surface area contributed by atoms with Crippen LogP contribution >= 0.6 is 0 Å². The van der Waals surface area contributed by atoms with Crippen LogP contribution in [0, 0.1) is 17.8 Å². The normalized spacial score (nSPS) is 29.4. The van der Waals surface area contributed by atoms with Crippen LogP contribution in [-0.2, 0) is 29.1 Å². The highest BCUT2D eigenvalue weighted by atomic mass is 32.2. The van der Waals surface area contributed by atoms with Gasteiger partial charge in [0.1, 0.15) is 52.2 Å². The molecule has 0 bridgehead atoms. The van der Waals surface area contributed by atoms with Gasteiger partial charge in [-0.2, -0.15) is 0 Å². The minimum Gasteiger partial charge on any atom is -0.497 e. The zero-order valence-corrected chi connectivity index (χ0v) is 34.4. The van der Waals surface area contributed by atoms with E-state index in [1.807, 2.05) is 26.0 Å². The molecule has 3 N–H and O–H groups in total. The predicted octanol–water partition coefficient (Wildman–Crippen LogP) is 4.33. The van der Waals surface area contributed by atoms with E-state index in [-0.39, 0.29) is 49.9 Å². The van der Waals surface area contributed by atoms with Gasteiger partial charge in [-0.05, 0) is 82.9 Å². The van der Waals surface area contributed by atoms with Crippen molar-refractivity contribution in [3.05, 3.63) is 36.5 Å². The van der Waals surface area contributed by atoms with Crippen molar-refractivity contribution in [3.63, 3.8) is 0 Å². The number of halogens is 1. The average Bonchev–Trinajstić information content (AvgIpc) is 4.06. The summed E-state index contributed by atoms with van der Waals surface area (Å²) in [4.78, 5) is 62.3. The SMILES string of the molecule is COc1ccc2c(O[C@@H]3C[C@H]4C(=O)N[C@]5(C(=O)NS(=O)(=O)C6(CF)CC6)C[C@H]5/C=C\[C@H](C)CCC[C@@H](C)[C@H](NC(=O)OC(C)(C)C)C(=O)N4C3)ncc(OC)c2c1.